The van der Waals surface area contributed by atoms with Crippen LogP contribution in [-0.4, -0.2) is 48.6 Å². The van der Waals surface area contributed by atoms with Gasteiger partial charge in [-0.05, 0) is 31.6 Å². The first-order valence-corrected chi connectivity index (χ1v) is 7.79. The monoisotopic (exact) mass is 282 g/mol. The van der Waals surface area contributed by atoms with E-state index in [1.165, 1.54) is 0 Å². The lowest BCUT2D eigenvalue weighted by Gasteiger charge is -2.36. The summed E-state index contributed by atoms with van der Waals surface area (Å²) in [6, 6.07) is 0. The summed E-state index contributed by atoms with van der Waals surface area (Å²) >= 11 is 0. The van der Waals surface area contributed by atoms with Gasteiger partial charge in [-0.3, -0.25) is 9.59 Å². The molecule has 0 aliphatic carbocycles. The fourth-order valence-electron chi connectivity index (χ4n) is 3.19. The third-order valence-corrected chi connectivity index (χ3v) is 4.62. The molecule has 2 fully saturated rings. The molecule has 2 amide bonds. The molecule has 2 saturated heterocycles. The molecule has 0 spiro atoms. The van der Waals surface area contributed by atoms with Crippen LogP contribution in [-0.2, 0) is 14.3 Å². The van der Waals surface area contributed by atoms with Gasteiger partial charge in [0.25, 0.3) is 0 Å². The van der Waals surface area contributed by atoms with E-state index >= 15 is 0 Å². The third-order valence-electron chi connectivity index (χ3n) is 4.62. The van der Waals surface area contributed by atoms with Crippen LogP contribution >= 0.6 is 0 Å². The summed E-state index contributed by atoms with van der Waals surface area (Å²) in [6.45, 7) is 6.75. The molecule has 0 radical (unpaired) electrons. The standard InChI is InChI=1S/C15H26N2O3/c1-3-15(4-2)14(19)17(8-7-13(18)16-15)10-12-6-5-9-20-11-12/h12H,3-11H2,1-2H3,(H,16,18). The van der Waals surface area contributed by atoms with Gasteiger partial charge in [-0.15, -0.1) is 0 Å². The van der Waals surface area contributed by atoms with Gasteiger partial charge in [-0.1, -0.05) is 13.8 Å². The lowest BCUT2D eigenvalue weighted by molar-refractivity contribution is -0.140. The summed E-state index contributed by atoms with van der Waals surface area (Å²) < 4.78 is 5.50. The van der Waals surface area contributed by atoms with Crippen molar-refractivity contribution in [2.24, 2.45) is 5.92 Å². The normalized spacial score (nSPS) is 27.1. The molecule has 5 nitrogen and oxygen atoms in total. The Morgan fingerprint density at radius 1 is 1.35 bits per heavy atom. The van der Waals surface area contributed by atoms with E-state index in [9.17, 15) is 9.59 Å². The Labute approximate surface area is 121 Å². The molecule has 2 rings (SSSR count). The van der Waals surface area contributed by atoms with E-state index in [0.717, 1.165) is 32.6 Å². The van der Waals surface area contributed by atoms with Crippen LogP contribution in [0.1, 0.15) is 46.0 Å². The first-order valence-electron chi connectivity index (χ1n) is 7.79. The van der Waals surface area contributed by atoms with Crippen LogP contribution in [0.2, 0.25) is 0 Å². The van der Waals surface area contributed by atoms with E-state index in [4.69, 9.17) is 4.74 Å². The highest BCUT2D eigenvalue weighted by Crippen LogP contribution is 2.24. The Balaban J connectivity index is 2.10. The van der Waals surface area contributed by atoms with Gasteiger partial charge < -0.3 is 15.0 Å². The zero-order valence-corrected chi connectivity index (χ0v) is 12.6. The molecule has 0 aromatic rings. The molecule has 1 atom stereocenters. The predicted octanol–water partition coefficient (Wildman–Crippen LogP) is 1.32. The Kier molecular flexibility index (Phi) is 5.02. The maximum Gasteiger partial charge on any atom is 0.248 e. The molecule has 1 N–H and O–H groups in total. The van der Waals surface area contributed by atoms with Gasteiger partial charge in [0.1, 0.15) is 5.54 Å². The molecular formula is C15H26N2O3. The van der Waals surface area contributed by atoms with Gasteiger partial charge >= 0.3 is 0 Å². The van der Waals surface area contributed by atoms with Crippen molar-refractivity contribution in [3.63, 3.8) is 0 Å². The second kappa shape index (κ2) is 6.57. The molecular weight excluding hydrogens is 256 g/mol. The molecule has 0 aromatic carbocycles. The first kappa shape index (κ1) is 15.3. The van der Waals surface area contributed by atoms with Crippen LogP contribution < -0.4 is 5.32 Å². The van der Waals surface area contributed by atoms with Gasteiger partial charge in [0.2, 0.25) is 11.8 Å². The number of ether oxygens (including phenoxy) is 1. The average Bonchev–Trinajstić information content (AvgIpc) is 2.60. The van der Waals surface area contributed by atoms with E-state index in [2.05, 4.69) is 5.32 Å². The van der Waals surface area contributed by atoms with E-state index < -0.39 is 5.54 Å². The minimum absolute atomic E-state index is 0.00977. The number of hydrogen-bond acceptors (Lipinski definition) is 3. The van der Waals surface area contributed by atoms with Gasteiger partial charge in [-0.25, -0.2) is 0 Å². The number of amides is 2. The van der Waals surface area contributed by atoms with E-state index in [-0.39, 0.29) is 11.8 Å². The zero-order chi connectivity index (χ0) is 14.6. The minimum atomic E-state index is -0.705. The summed E-state index contributed by atoms with van der Waals surface area (Å²) in [7, 11) is 0. The third kappa shape index (κ3) is 3.14. The van der Waals surface area contributed by atoms with E-state index in [1.54, 1.807) is 0 Å². The van der Waals surface area contributed by atoms with Gasteiger partial charge in [-0.2, -0.15) is 0 Å². The molecule has 20 heavy (non-hydrogen) atoms. The molecule has 2 heterocycles. The van der Waals surface area contributed by atoms with Crippen LogP contribution in [0.25, 0.3) is 0 Å². The number of rotatable bonds is 4. The summed E-state index contributed by atoms with van der Waals surface area (Å²) in [5.41, 5.74) is -0.705. The maximum absolute atomic E-state index is 12.8. The zero-order valence-electron chi connectivity index (χ0n) is 12.6. The molecule has 0 aromatic heterocycles. The summed E-state index contributed by atoms with van der Waals surface area (Å²) in [6.07, 6.45) is 3.87. The van der Waals surface area contributed by atoms with Crippen LogP contribution in [0.3, 0.4) is 0 Å². The van der Waals surface area contributed by atoms with Crippen molar-refractivity contribution in [2.75, 3.05) is 26.3 Å². The molecule has 1 unspecified atom stereocenters. The van der Waals surface area contributed by atoms with Gasteiger partial charge in [0.05, 0.1) is 6.61 Å². The average molecular weight is 282 g/mol. The number of nitrogens with one attached hydrogen (secondary N) is 1. The van der Waals surface area contributed by atoms with Gasteiger partial charge in [0, 0.05) is 26.1 Å². The van der Waals surface area contributed by atoms with Crippen LogP contribution in [0.5, 0.6) is 0 Å². The molecule has 2 aliphatic rings. The predicted molar refractivity (Wildman–Crippen MR) is 76.2 cm³/mol. The summed E-state index contributed by atoms with van der Waals surface area (Å²) in [4.78, 5) is 26.6. The Bertz CT molecular complexity index is 360. The molecule has 0 bridgehead atoms. The summed E-state index contributed by atoms with van der Waals surface area (Å²) in [5.74, 6) is 0.482. The second-order valence-corrected chi connectivity index (χ2v) is 5.92. The lowest BCUT2D eigenvalue weighted by atomic mass is 9.90. The highest BCUT2D eigenvalue weighted by molar-refractivity contribution is 5.93. The van der Waals surface area contributed by atoms with Crippen molar-refractivity contribution in [3.05, 3.63) is 0 Å². The summed E-state index contributed by atoms with van der Waals surface area (Å²) in [5, 5.41) is 2.95. The van der Waals surface area contributed by atoms with Crippen molar-refractivity contribution >= 4 is 11.8 Å². The minimum Gasteiger partial charge on any atom is -0.381 e. The number of carbonyl (C=O) groups excluding carboxylic acids is 2. The second-order valence-electron chi connectivity index (χ2n) is 5.92. The number of carbonyl (C=O) groups is 2. The molecule has 2 aliphatic heterocycles. The Morgan fingerprint density at radius 3 is 2.70 bits per heavy atom. The van der Waals surface area contributed by atoms with Gasteiger partial charge in [0.15, 0.2) is 0 Å². The number of nitrogens with zero attached hydrogens (tertiary/aromatic N) is 1. The molecule has 5 heteroatoms. The quantitative estimate of drug-likeness (QED) is 0.846. The Morgan fingerprint density at radius 2 is 2.10 bits per heavy atom. The van der Waals surface area contributed by atoms with Crippen molar-refractivity contribution < 1.29 is 14.3 Å². The van der Waals surface area contributed by atoms with Crippen molar-refractivity contribution in [1.29, 1.82) is 0 Å². The lowest BCUT2D eigenvalue weighted by Crippen LogP contribution is -2.57. The topological polar surface area (TPSA) is 58.6 Å². The number of hydrogen-bond donors (Lipinski definition) is 1. The van der Waals surface area contributed by atoms with Crippen molar-refractivity contribution in [3.8, 4) is 0 Å². The fourth-order valence-corrected chi connectivity index (χ4v) is 3.19. The van der Waals surface area contributed by atoms with Crippen molar-refractivity contribution in [1.82, 2.24) is 10.2 Å². The van der Waals surface area contributed by atoms with Crippen LogP contribution in [0, 0.1) is 5.92 Å². The molecule has 0 saturated carbocycles. The van der Waals surface area contributed by atoms with Crippen LogP contribution in [0.15, 0.2) is 0 Å². The molecule has 114 valence electrons. The fraction of sp³-hybridized carbons (Fsp3) is 0.867. The SMILES string of the molecule is CCC1(CC)NC(=O)CCN(CC2CCCOC2)C1=O. The maximum atomic E-state index is 12.8. The highest BCUT2D eigenvalue weighted by Gasteiger charge is 2.42. The van der Waals surface area contributed by atoms with E-state index in [0.29, 0.717) is 31.7 Å². The van der Waals surface area contributed by atoms with E-state index in [1.807, 2.05) is 18.7 Å². The van der Waals surface area contributed by atoms with Crippen molar-refractivity contribution in [2.45, 2.75) is 51.5 Å². The highest BCUT2D eigenvalue weighted by atomic mass is 16.5. The first-order chi connectivity index (χ1) is 9.61. The Hall–Kier alpha value is -1.10. The largest absolute Gasteiger partial charge is 0.381 e. The van der Waals surface area contributed by atoms with Crippen LogP contribution in [0.4, 0.5) is 0 Å². The smallest absolute Gasteiger partial charge is 0.248 e.